The second-order valence-electron chi connectivity index (χ2n) is 7.97. The van der Waals surface area contributed by atoms with Crippen LogP contribution in [0.5, 0.6) is 0 Å². The van der Waals surface area contributed by atoms with Crippen LogP contribution in [0.25, 0.3) is 11.2 Å². The van der Waals surface area contributed by atoms with E-state index in [2.05, 4.69) is 30.9 Å². The van der Waals surface area contributed by atoms with Gasteiger partial charge >= 0.3 is 5.69 Å². The largest absolute Gasteiger partial charge is 0.342 e. The van der Waals surface area contributed by atoms with E-state index >= 15 is 0 Å². The van der Waals surface area contributed by atoms with Crippen molar-refractivity contribution < 1.29 is 0 Å². The minimum atomic E-state index is -0.350. The van der Waals surface area contributed by atoms with E-state index in [1.165, 1.54) is 21.7 Å². The molecule has 0 bridgehead atoms. The average Bonchev–Trinajstić information content (AvgIpc) is 3.06. The summed E-state index contributed by atoms with van der Waals surface area (Å²) in [5.41, 5.74) is 2.61. The van der Waals surface area contributed by atoms with Crippen molar-refractivity contribution in [1.82, 2.24) is 18.7 Å². The van der Waals surface area contributed by atoms with E-state index in [1.54, 1.807) is 7.05 Å². The Morgan fingerprint density at radius 3 is 2.43 bits per heavy atom. The van der Waals surface area contributed by atoms with Crippen LogP contribution in [0.3, 0.4) is 0 Å². The number of hydrogen-bond donors (Lipinski definition) is 0. The van der Waals surface area contributed by atoms with Crippen LogP contribution in [-0.2, 0) is 20.6 Å². The molecule has 0 amide bonds. The quantitative estimate of drug-likeness (QED) is 0.696. The van der Waals surface area contributed by atoms with Crippen molar-refractivity contribution in [2.75, 3.05) is 18.0 Å². The number of hydrogen-bond acceptors (Lipinski definition) is 4. The molecule has 2 aromatic heterocycles. The molecule has 0 atom stereocenters. The Labute approximate surface area is 163 Å². The summed E-state index contributed by atoms with van der Waals surface area (Å²) in [5.74, 6) is 1.48. The number of aryl methyl sites for hydroxylation is 2. The molecule has 1 saturated heterocycles. The Hall–Kier alpha value is -2.83. The molecule has 7 heteroatoms. The standard InChI is InChI=1S/C21H27N5O2/c1-14-9-11-25(12-10-14)20-22-18-17(19(27)24(4)21(28)23(18)3)26(20)13-16-8-6-5-7-15(16)2/h5-8,14H,9-13H2,1-4H3. The van der Waals surface area contributed by atoms with E-state index in [0.717, 1.165) is 37.4 Å². The lowest BCUT2D eigenvalue weighted by molar-refractivity contribution is 0.432. The smallest absolute Gasteiger partial charge is 0.332 e. The van der Waals surface area contributed by atoms with Gasteiger partial charge in [-0.05, 0) is 36.8 Å². The van der Waals surface area contributed by atoms with Gasteiger partial charge in [0.05, 0.1) is 6.54 Å². The molecule has 28 heavy (non-hydrogen) atoms. The highest BCUT2D eigenvalue weighted by atomic mass is 16.2. The van der Waals surface area contributed by atoms with Crippen LogP contribution in [0.15, 0.2) is 33.9 Å². The van der Waals surface area contributed by atoms with Gasteiger partial charge in [0.15, 0.2) is 11.2 Å². The Bertz CT molecular complexity index is 1150. The van der Waals surface area contributed by atoms with Crippen molar-refractivity contribution >= 4 is 17.1 Å². The fourth-order valence-corrected chi connectivity index (χ4v) is 3.99. The van der Waals surface area contributed by atoms with Crippen molar-refractivity contribution in [2.45, 2.75) is 33.2 Å². The second kappa shape index (κ2) is 6.96. The monoisotopic (exact) mass is 381 g/mol. The summed E-state index contributed by atoms with van der Waals surface area (Å²) in [6.45, 7) is 6.72. The first-order valence-corrected chi connectivity index (χ1v) is 9.84. The highest BCUT2D eigenvalue weighted by molar-refractivity contribution is 5.75. The summed E-state index contributed by atoms with van der Waals surface area (Å²) in [4.78, 5) is 32.5. The molecular weight excluding hydrogens is 354 g/mol. The molecule has 148 valence electrons. The topological polar surface area (TPSA) is 65.1 Å². The zero-order valence-corrected chi connectivity index (χ0v) is 17.0. The number of rotatable bonds is 3. The van der Waals surface area contributed by atoms with Crippen LogP contribution in [0.1, 0.15) is 30.9 Å². The van der Waals surface area contributed by atoms with Crippen LogP contribution >= 0.6 is 0 Å². The van der Waals surface area contributed by atoms with Gasteiger partial charge in [0.2, 0.25) is 5.95 Å². The van der Waals surface area contributed by atoms with Gasteiger partial charge in [0, 0.05) is 27.2 Å². The fourth-order valence-electron chi connectivity index (χ4n) is 3.99. The predicted octanol–water partition coefficient (Wildman–Crippen LogP) is 2.03. The van der Waals surface area contributed by atoms with Gasteiger partial charge in [0.1, 0.15) is 0 Å². The summed E-state index contributed by atoms with van der Waals surface area (Å²) in [7, 11) is 3.20. The summed E-state index contributed by atoms with van der Waals surface area (Å²) < 4.78 is 4.64. The Morgan fingerprint density at radius 1 is 1.07 bits per heavy atom. The number of aromatic nitrogens is 4. The van der Waals surface area contributed by atoms with E-state index in [9.17, 15) is 9.59 Å². The van der Waals surface area contributed by atoms with E-state index in [1.807, 2.05) is 16.7 Å². The average molecular weight is 381 g/mol. The zero-order valence-electron chi connectivity index (χ0n) is 17.0. The predicted molar refractivity (Wildman–Crippen MR) is 111 cm³/mol. The minimum Gasteiger partial charge on any atom is -0.342 e. The number of nitrogens with zero attached hydrogens (tertiary/aromatic N) is 5. The maximum atomic E-state index is 13.0. The van der Waals surface area contributed by atoms with Crippen LogP contribution in [0.2, 0.25) is 0 Å². The van der Waals surface area contributed by atoms with Crippen LogP contribution in [0.4, 0.5) is 5.95 Å². The van der Waals surface area contributed by atoms with Crippen molar-refractivity contribution in [3.8, 4) is 0 Å². The van der Waals surface area contributed by atoms with E-state index in [4.69, 9.17) is 4.98 Å². The SMILES string of the molecule is Cc1ccccc1Cn1c(N2CCC(C)CC2)nc2c1c(=O)n(C)c(=O)n2C. The minimum absolute atomic E-state index is 0.296. The van der Waals surface area contributed by atoms with Crippen molar-refractivity contribution in [2.24, 2.45) is 20.0 Å². The molecule has 7 nitrogen and oxygen atoms in total. The van der Waals surface area contributed by atoms with Crippen LogP contribution in [0, 0.1) is 12.8 Å². The lowest BCUT2D eigenvalue weighted by Crippen LogP contribution is -2.38. The van der Waals surface area contributed by atoms with E-state index < -0.39 is 0 Å². The molecule has 0 saturated carbocycles. The van der Waals surface area contributed by atoms with Crippen LogP contribution in [-0.4, -0.2) is 31.8 Å². The maximum Gasteiger partial charge on any atom is 0.332 e. The normalized spacial score (nSPS) is 15.5. The lowest BCUT2D eigenvalue weighted by Gasteiger charge is -2.31. The van der Waals surface area contributed by atoms with Gasteiger partial charge in [-0.25, -0.2) is 4.79 Å². The molecule has 0 aliphatic carbocycles. The first kappa shape index (κ1) is 18.5. The highest BCUT2D eigenvalue weighted by Gasteiger charge is 2.25. The van der Waals surface area contributed by atoms with Crippen molar-refractivity contribution in [3.05, 3.63) is 56.2 Å². The molecule has 3 aromatic rings. The molecule has 0 N–H and O–H groups in total. The molecule has 3 heterocycles. The molecule has 0 spiro atoms. The Balaban J connectivity index is 1.96. The summed E-state index contributed by atoms with van der Waals surface area (Å²) in [5, 5.41) is 0. The number of anilines is 1. The van der Waals surface area contributed by atoms with Crippen molar-refractivity contribution in [1.29, 1.82) is 0 Å². The number of fused-ring (bicyclic) bond motifs is 1. The summed E-state index contributed by atoms with van der Waals surface area (Å²) in [6.07, 6.45) is 2.20. The van der Waals surface area contributed by atoms with Gasteiger partial charge in [-0.1, -0.05) is 31.2 Å². The lowest BCUT2D eigenvalue weighted by atomic mass is 10.00. The first-order valence-electron chi connectivity index (χ1n) is 9.84. The third-order valence-electron chi connectivity index (χ3n) is 5.98. The Morgan fingerprint density at radius 2 is 1.75 bits per heavy atom. The molecule has 1 aliphatic rings. The number of benzene rings is 1. The molecule has 1 aliphatic heterocycles. The van der Waals surface area contributed by atoms with Gasteiger partial charge in [-0.3, -0.25) is 18.5 Å². The molecule has 0 radical (unpaired) electrons. The van der Waals surface area contributed by atoms with E-state index in [0.29, 0.717) is 23.6 Å². The zero-order chi connectivity index (χ0) is 20.0. The summed E-state index contributed by atoms with van der Waals surface area (Å²) >= 11 is 0. The molecule has 1 aromatic carbocycles. The fraction of sp³-hybridized carbons (Fsp3) is 0.476. The summed E-state index contributed by atoms with van der Waals surface area (Å²) in [6, 6.07) is 8.18. The first-order chi connectivity index (χ1) is 13.4. The van der Waals surface area contributed by atoms with Crippen molar-refractivity contribution in [3.63, 3.8) is 0 Å². The molecule has 1 fully saturated rings. The molecular formula is C21H27N5O2. The van der Waals surface area contributed by atoms with Gasteiger partial charge in [0.25, 0.3) is 5.56 Å². The van der Waals surface area contributed by atoms with Gasteiger partial charge in [-0.2, -0.15) is 4.98 Å². The highest BCUT2D eigenvalue weighted by Crippen LogP contribution is 2.26. The molecule has 0 unspecified atom stereocenters. The maximum absolute atomic E-state index is 13.0. The van der Waals surface area contributed by atoms with Crippen LogP contribution < -0.4 is 16.1 Å². The number of imidazole rings is 1. The van der Waals surface area contributed by atoms with E-state index in [-0.39, 0.29) is 11.2 Å². The molecule has 4 rings (SSSR count). The Kier molecular flexibility index (Phi) is 4.61. The van der Waals surface area contributed by atoms with Gasteiger partial charge in [-0.15, -0.1) is 0 Å². The third kappa shape index (κ3) is 2.95. The third-order valence-corrected chi connectivity index (χ3v) is 5.98. The number of piperidine rings is 1. The van der Waals surface area contributed by atoms with Gasteiger partial charge < -0.3 is 4.90 Å². The second-order valence-corrected chi connectivity index (χ2v) is 7.97.